The largest absolute Gasteiger partial charge is 0.197 e. The van der Waals surface area contributed by atoms with Crippen LogP contribution in [0.3, 0.4) is 0 Å². The van der Waals surface area contributed by atoms with Gasteiger partial charge < -0.3 is 0 Å². The quantitative estimate of drug-likeness (QED) is 0.820. The zero-order valence-corrected chi connectivity index (χ0v) is 11.8. The van der Waals surface area contributed by atoms with E-state index < -0.39 is 5.41 Å². The van der Waals surface area contributed by atoms with Crippen molar-refractivity contribution >= 4 is 15.9 Å². The molecule has 0 aliphatic carbocycles. The fourth-order valence-electron chi connectivity index (χ4n) is 2.04. The van der Waals surface area contributed by atoms with Crippen molar-refractivity contribution in [2.45, 2.75) is 18.8 Å². The second-order valence-electron chi connectivity index (χ2n) is 4.62. The zero-order valence-electron chi connectivity index (χ0n) is 10.2. The Morgan fingerprint density at radius 2 is 1.83 bits per heavy atom. The Morgan fingerprint density at radius 1 is 1.11 bits per heavy atom. The lowest BCUT2D eigenvalue weighted by Crippen LogP contribution is -2.22. The number of benzene rings is 2. The highest BCUT2D eigenvalue weighted by Crippen LogP contribution is 2.29. The molecule has 2 aromatic rings. The molecule has 2 heteroatoms. The standard InChI is InChI=1S/C16H14BrN/c1-16(12-18,11-13-6-3-2-4-7-13)14-8-5-9-15(17)10-14/h2-10H,11H2,1H3. The van der Waals surface area contributed by atoms with Gasteiger partial charge in [-0.05, 0) is 36.6 Å². The summed E-state index contributed by atoms with van der Waals surface area (Å²) in [6.45, 7) is 1.99. The van der Waals surface area contributed by atoms with E-state index in [0.29, 0.717) is 0 Å². The minimum Gasteiger partial charge on any atom is -0.197 e. The minimum absolute atomic E-state index is 0.495. The topological polar surface area (TPSA) is 23.8 Å². The molecule has 0 heterocycles. The Morgan fingerprint density at radius 3 is 2.44 bits per heavy atom. The fraction of sp³-hybridized carbons (Fsp3) is 0.188. The lowest BCUT2D eigenvalue weighted by molar-refractivity contribution is 0.606. The first-order chi connectivity index (χ1) is 8.64. The Labute approximate surface area is 116 Å². The summed E-state index contributed by atoms with van der Waals surface area (Å²) in [7, 11) is 0. The highest BCUT2D eigenvalue weighted by atomic mass is 79.9. The Balaban J connectivity index is 2.35. The molecule has 0 saturated heterocycles. The smallest absolute Gasteiger partial charge is 0.0834 e. The van der Waals surface area contributed by atoms with Crippen molar-refractivity contribution < 1.29 is 0 Å². The van der Waals surface area contributed by atoms with Crippen molar-refractivity contribution in [1.29, 1.82) is 5.26 Å². The molecule has 1 atom stereocenters. The van der Waals surface area contributed by atoms with Gasteiger partial charge in [0.05, 0.1) is 11.5 Å². The third-order valence-electron chi connectivity index (χ3n) is 3.11. The predicted molar refractivity (Wildman–Crippen MR) is 77.3 cm³/mol. The van der Waals surface area contributed by atoms with Crippen LogP contribution in [0, 0.1) is 11.3 Å². The summed E-state index contributed by atoms with van der Waals surface area (Å²) >= 11 is 3.46. The summed E-state index contributed by atoms with van der Waals surface area (Å²) in [5.41, 5.74) is 1.73. The first kappa shape index (κ1) is 12.9. The molecule has 0 aliphatic heterocycles. The maximum absolute atomic E-state index is 9.53. The summed E-state index contributed by atoms with van der Waals surface area (Å²) in [6.07, 6.45) is 0.723. The zero-order chi connectivity index (χ0) is 13.0. The normalized spacial score (nSPS) is 13.6. The van der Waals surface area contributed by atoms with Gasteiger partial charge in [-0.2, -0.15) is 5.26 Å². The molecular formula is C16H14BrN. The molecule has 90 valence electrons. The second kappa shape index (κ2) is 5.37. The molecular weight excluding hydrogens is 286 g/mol. The predicted octanol–water partition coefficient (Wildman–Crippen LogP) is 4.47. The summed E-state index contributed by atoms with van der Waals surface area (Å²) in [5.74, 6) is 0. The van der Waals surface area contributed by atoms with E-state index in [1.807, 2.05) is 49.4 Å². The maximum atomic E-state index is 9.53. The van der Waals surface area contributed by atoms with Crippen LogP contribution in [0.2, 0.25) is 0 Å². The van der Waals surface area contributed by atoms with Crippen molar-refractivity contribution in [2.24, 2.45) is 0 Å². The van der Waals surface area contributed by atoms with E-state index in [0.717, 1.165) is 16.5 Å². The molecule has 2 rings (SSSR count). The average Bonchev–Trinajstić information content (AvgIpc) is 2.40. The highest BCUT2D eigenvalue weighted by Gasteiger charge is 2.26. The average molecular weight is 300 g/mol. The molecule has 0 amide bonds. The number of nitrogens with zero attached hydrogens (tertiary/aromatic N) is 1. The van der Waals surface area contributed by atoms with E-state index in [9.17, 15) is 5.26 Å². The summed E-state index contributed by atoms with van der Waals surface area (Å²) in [4.78, 5) is 0. The molecule has 2 aromatic carbocycles. The van der Waals surface area contributed by atoms with Gasteiger partial charge in [0.25, 0.3) is 0 Å². The van der Waals surface area contributed by atoms with E-state index in [-0.39, 0.29) is 0 Å². The molecule has 0 radical (unpaired) electrons. The van der Waals surface area contributed by atoms with E-state index in [1.54, 1.807) is 0 Å². The molecule has 0 N–H and O–H groups in total. The monoisotopic (exact) mass is 299 g/mol. The third kappa shape index (κ3) is 2.80. The fourth-order valence-corrected chi connectivity index (χ4v) is 2.44. The van der Waals surface area contributed by atoms with Gasteiger partial charge in [-0.1, -0.05) is 58.4 Å². The molecule has 0 aromatic heterocycles. The van der Waals surface area contributed by atoms with Crippen LogP contribution in [0.5, 0.6) is 0 Å². The van der Waals surface area contributed by atoms with E-state index >= 15 is 0 Å². The van der Waals surface area contributed by atoms with Crippen LogP contribution in [0.15, 0.2) is 59.1 Å². The van der Waals surface area contributed by atoms with Crippen molar-refractivity contribution in [2.75, 3.05) is 0 Å². The van der Waals surface area contributed by atoms with Gasteiger partial charge in [-0.15, -0.1) is 0 Å². The van der Waals surface area contributed by atoms with Crippen LogP contribution in [0.4, 0.5) is 0 Å². The van der Waals surface area contributed by atoms with Gasteiger partial charge in [0.1, 0.15) is 0 Å². The second-order valence-corrected chi connectivity index (χ2v) is 5.53. The van der Waals surface area contributed by atoms with Gasteiger partial charge >= 0.3 is 0 Å². The summed E-state index contributed by atoms with van der Waals surface area (Å²) in [6, 6.07) is 20.6. The first-order valence-electron chi connectivity index (χ1n) is 5.85. The number of hydrogen-bond donors (Lipinski definition) is 0. The Kier molecular flexibility index (Phi) is 3.84. The van der Waals surface area contributed by atoms with Gasteiger partial charge in [-0.25, -0.2) is 0 Å². The van der Waals surface area contributed by atoms with Crippen LogP contribution in [0.25, 0.3) is 0 Å². The van der Waals surface area contributed by atoms with Crippen LogP contribution in [-0.2, 0) is 11.8 Å². The third-order valence-corrected chi connectivity index (χ3v) is 3.60. The number of hydrogen-bond acceptors (Lipinski definition) is 1. The molecule has 0 bridgehead atoms. The number of nitriles is 1. The molecule has 0 fully saturated rings. The van der Waals surface area contributed by atoms with Crippen LogP contribution in [0.1, 0.15) is 18.1 Å². The van der Waals surface area contributed by atoms with Crippen LogP contribution >= 0.6 is 15.9 Å². The van der Waals surface area contributed by atoms with Crippen molar-refractivity contribution in [3.05, 3.63) is 70.2 Å². The molecule has 0 aliphatic rings. The lowest BCUT2D eigenvalue weighted by atomic mass is 9.79. The maximum Gasteiger partial charge on any atom is 0.0834 e. The highest BCUT2D eigenvalue weighted by molar-refractivity contribution is 9.10. The van der Waals surface area contributed by atoms with E-state index in [2.05, 4.69) is 34.1 Å². The van der Waals surface area contributed by atoms with Crippen molar-refractivity contribution in [1.82, 2.24) is 0 Å². The first-order valence-corrected chi connectivity index (χ1v) is 6.64. The van der Waals surface area contributed by atoms with Gasteiger partial charge in [-0.3, -0.25) is 0 Å². The molecule has 18 heavy (non-hydrogen) atoms. The van der Waals surface area contributed by atoms with E-state index in [4.69, 9.17) is 0 Å². The van der Waals surface area contributed by atoms with E-state index in [1.165, 1.54) is 5.56 Å². The Hall–Kier alpha value is -1.59. The lowest BCUT2D eigenvalue weighted by Gasteiger charge is -2.22. The van der Waals surface area contributed by atoms with Gasteiger partial charge in [0, 0.05) is 4.47 Å². The molecule has 1 nitrogen and oxygen atoms in total. The summed E-state index contributed by atoms with van der Waals surface area (Å²) < 4.78 is 1.01. The summed E-state index contributed by atoms with van der Waals surface area (Å²) in [5, 5.41) is 9.53. The molecule has 0 spiro atoms. The number of rotatable bonds is 3. The van der Waals surface area contributed by atoms with Crippen LogP contribution < -0.4 is 0 Å². The SMILES string of the molecule is CC(C#N)(Cc1ccccc1)c1cccc(Br)c1. The van der Waals surface area contributed by atoms with Gasteiger partial charge in [0.15, 0.2) is 0 Å². The number of halogens is 1. The molecule has 1 unspecified atom stereocenters. The minimum atomic E-state index is -0.495. The Bertz CT molecular complexity index is 571. The van der Waals surface area contributed by atoms with Gasteiger partial charge in [0.2, 0.25) is 0 Å². The van der Waals surface area contributed by atoms with Crippen molar-refractivity contribution in [3.8, 4) is 6.07 Å². The van der Waals surface area contributed by atoms with Crippen LogP contribution in [-0.4, -0.2) is 0 Å². The molecule has 0 saturated carbocycles. The van der Waals surface area contributed by atoms with Crippen molar-refractivity contribution in [3.63, 3.8) is 0 Å².